The molecule has 0 saturated heterocycles. The molecule has 0 saturated carbocycles. The maximum Gasteiger partial charge on any atom is 0.255 e. The molecule has 1 N–H and O–H groups in total. The Bertz CT molecular complexity index is 845. The molecule has 5 heteroatoms. The molecule has 0 unspecified atom stereocenters. The summed E-state index contributed by atoms with van der Waals surface area (Å²) in [6.45, 7) is 5.13. The van der Waals surface area contributed by atoms with Gasteiger partial charge in [0.2, 0.25) is 0 Å². The first-order valence-electron chi connectivity index (χ1n) is 8.49. The van der Waals surface area contributed by atoms with E-state index in [1.165, 1.54) is 16.9 Å². The molecule has 0 radical (unpaired) electrons. The van der Waals surface area contributed by atoms with Crippen LogP contribution in [0, 0.1) is 0 Å². The van der Waals surface area contributed by atoms with Gasteiger partial charge in [0.15, 0.2) is 0 Å². The summed E-state index contributed by atoms with van der Waals surface area (Å²) in [4.78, 5) is 16.9. The number of para-hydroxylation sites is 1. The molecule has 4 nitrogen and oxygen atoms in total. The summed E-state index contributed by atoms with van der Waals surface area (Å²) >= 11 is 1.52. The first-order chi connectivity index (χ1) is 12.6. The number of nitrogens with one attached hydrogen (secondary N) is 1. The van der Waals surface area contributed by atoms with E-state index in [1.54, 1.807) is 11.6 Å². The Morgan fingerprint density at radius 3 is 2.58 bits per heavy atom. The van der Waals surface area contributed by atoms with Gasteiger partial charge in [0.1, 0.15) is 12.4 Å². The van der Waals surface area contributed by atoms with E-state index in [-0.39, 0.29) is 11.3 Å². The highest BCUT2D eigenvalue weighted by molar-refractivity contribution is 7.07. The van der Waals surface area contributed by atoms with Crippen molar-refractivity contribution >= 4 is 17.2 Å². The average molecular weight is 366 g/mol. The van der Waals surface area contributed by atoms with Crippen molar-refractivity contribution in [1.29, 1.82) is 0 Å². The van der Waals surface area contributed by atoms with Crippen molar-refractivity contribution in [2.45, 2.75) is 25.9 Å². The third-order valence-electron chi connectivity index (χ3n) is 4.24. The molecule has 1 aromatic heterocycles. The first kappa shape index (κ1) is 18.1. The van der Waals surface area contributed by atoms with E-state index in [2.05, 4.69) is 36.3 Å². The number of carbonyl (C=O) groups is 1. The topological polar surface area (TPSA) is 51.2 Å². The van der Waals surface area contributed by atoms with E-state index in [4.69, 9.17) is 4.74 Å². The molecule has 1 amide bonds. The zero-order chi connectivity index (χ0) is 18.4. The van der Waals surface area contributed by atoms with Gasteiger partial charge in [0.05, 0.1) is 16.8 Å². The van der Waals surface area contributed by atoms with Gasteiger partial charge in [0.25, 0.3) is 5.91 Å². The van der Waals surface area contributed by atoms with Crippen molar-refractivity contribution < 1.29 is 9.53 Å². The van der Waals surface area contributed by atoms with Gasteiger partial charge in [-0.05, 0) is 17.7 Å². The van der Waals surface area contributed by atoms with Gasteiger partial charge in [-0.25, -0.2) is 4.98 Å². The highest BCUT2D eigenvalue weighted by Crippen LogP contribution is 2.23. The minimum absolute atomic E-state index is 0.136. The lowest BCUT2D eigenvalue weighted by atomic mass is 9.84. The third kappa shape index (κ3) is 4.49. The Hall–Kier alpha value is -2.66. The van der Waals surface area contributed by atoms with Gasteiger partial charge in [-0.3, -0.25) is 4.79 Å². The molecule has 0 atom stereocenters. The van der Waals surface area contributed by atoms with Crippen molar-refractivity contribution in [2.75, 3.05) is 6.54 Å². The fourth-order valence-corrected chi connectivity index (χ4v) is 3.17. The van der Waals surface area contributed by atoms with Gasteiger partial charge in [-0.15, -0.1) is 11.3 Å². The van der Waals surface area contributed by atoms with Crippen LogP contribution in [0.15, 0.2) is 65.5 Å². The fraction of sp³-hybridized carbons (Fsp3) is 0.238. The molecule has 3 aromatic rings. The Balaban J connectivity index is 1.66. The number of hydrogen-bond acceptors (Lipinski definition) is 4. The number of hydrogen-bond donors (Lipinski definition) is 1. The average Bonchev–Trinajstić information content (AvgIpc) is 3.19. The molecule has 0 aliphatic heterocycles. The summed E-state index contributed by atoms with van der Waals surface area (Å²) in [6, 6.07) is 17.5. The van der Waals surface area contributed by atoms with Crippen LogP contribution in [0.25, 0.3) is 0 Å². The van der Waals surface area contributed by atoms with Crippen LogP contribution in [0.1, 0.15) is 35.5 Å². The minimum Gasteiger partial charge on any atom is -0.486 e. The van der Waals surface area contributed by atoms with Crippen molar-refractivity contribution in [3.63, 3.8) is 0 Å². The normalized spacial score (nSPS) is 11.2. The fourth-order valence-electron chi connectivity index (χ4n) is 2.63. The highest BCUT2D eigenvalue weighted by Gasteiger charge is 2.22. The number of carbonyl (C=O) groups excluding carboxylic acids is 1. The minimum atomic E-state index is -0.159. The second-order valence-corrected chi connectivity index (χ2v) is 7.42. The summed E-state index contributed by atoms with van der Waals surface area (Å²) in [5.41, 5.74) is 4.19. The number of aromatic nitrogens is 1. The van der Waals surface area contributed by atoms with Gasteiger partial charge in [0, 0.05) is 17.3 Å². The van der Waals surface area contributed by atoms with Crippen LogP contribution in [0.3, 0.4) is 0 Å². The standard InChI is InChI=1S/C21H22N2O2S/c1-21(2,16-8-4-3-5-9-16)14-22-20(24)18-10-6-7-11-19(18)25-12-17-13-26-15-23-17/h3-11,13,15H,12,14H2,1-2H3,(H,22,24). The lowest BCUT2D eigenvalue weighted by Gasteiger charge is -2.25. The summed E-state index contributed by atoms with van der Waals surface area (Å²) in [6.07, 6.45) is 0. The molecule has 2 aromatic carbocycles. The van der Waals surface area contributed by atoms with Gasteiger partial charge in [-0.1, -0.05) is 56.3 Å². The highest BCUT2D eigenvalue weighted by atomic mass is 32.1. The Labute approximate surface area is 157 Å². The van der Waals surface area contributed by atoms with E-state index in [0.717, 1.165) is 5.69 Å². The maximum atomic E-state index is 12.7. The molecule has 0 spiro atoms. The third-order valence-corrected chi connectivity index (χ3v) is 4.87. The molecular weight excluding hydrogens is 344 g/mol. The van der Waals surface area contributed by atoms with Crippen LogP contribution in [0.4, 0.5) is 0 Å². The second kappa shape index (κ2) is 8.15. The summed E-state index contributed by atoms with van der Waals surface area (Å²) in [5.74, 6) is 0.429. The van der Waals surface area contributed by atoms with Crippen LogP contribution in [0.2, 0.25) is 0 Å². The van der Waals surface area contributed by atoms with Gasteiger partial charge < -0.3 is 10.1 Å². The van der Waals surface area contributed by atoms with E-state index in [9.17, 15) is 4.79 Å². The van der Waals surface area contributed by atoms with E-state index >= 15 is 0 Å². The van der Waals surface area contributed by atoms with Crippen molar-refractivity contribution in [1.82, 2.24) is 10.3 Å². The van der Waals surface area contributed by atoms with Crippen LogP contribution in [-0.4, -0.2) is 17.4 Å². The van der Waals surface area contributed by atoms with Crippen LogP contribution >= 0.6 is 11.3 Å². The molecule has 26 heavy (non-hydrogen) atoms. The van der Waals surface area contributed by atoms with Crippen molar-refractivity contribution in [2.24, 2.45) is 0 Å². The number of rotatable bonds is 7. The first-order valence-corrected chi connectivity index (χ1v) is 9.43. The molecule has 3 rings (SSSR count). The molecule has 0 bridgehead atoms. The predicted molar refractivity (Wildman–Crippen MR) is 105 cm³/mol. The molecule has 0 aliphatic rings. The lowest BCUT2D eigenvalue weighted by Crippen LogP contribution is -2.36. The Kier molecular flexibility index (Phi) is 5.68. The lowest BCUT2D eigenvalue weighted by molar-refractivity contribution is 0.0941. The molecule has 1 heterocycles. The van der Waals surface area contributed by atoms with Crippen molar-refractivity contribution in [3.8, 4) is 5.75 Å². The Morgan fingerprint density at radius 2 is 1.85 bits per heavy atom. The number of benzene rings is 2. The summed E-state index contributed by atoms with van der Waals surface area (Å²) < 4.78 is 5.80. The number of amides is 1. The van der Waals surface area contributed by atoms with Crippen molar-refractivity contribution in [3.05, 3.63) is 82.3 Å². The zero-order valence-electron chi connectivity index (χ0n) is 14.9. The van der Waals surface area contributed by atoms with E-state index < -0.39 is 0 Å². The number of nitrogens with zero attached hydrogens (tertiary/aromatic N) is 1. The largest absolute Gasteiger partial charge is 0.486 e. The SMILES string of the molecule is CC(C)(CNC(=O)c1ccccc1OCc1cscn1)c1ccccc1. The van der Waals surface area contributed by atoms with Gasteiger partial charge >= 0.3 is 0 Å². The smallest absolute Gasteiger partial charge is 0.255 e. The van der Waals surface area contributed by atoms with E-state index in [0.29, 0.717) is 24.5 Å². The molecule has 0 fully saturated rings. The van der Waals surface area contributed by atoms with Crippen LogP contribution in [0.5, 0.6) is 5.75 Å². The number of thiazole rings is 1. The monoisotopic (exact) mass is 366 g/mol. The van der Waals surface area contributed by atoms with Crippen LogP contribution < -0.4 is 10.1 Å². The zero-order valence-corrected chi connectivity index (χ0v) is 15.8. The predicted octanol–water partition coefficient (Wildman–Crippen LogP) is 4.43. The molecular formula is C21H22N2O2S. The Morgan fingerprint density at radius 1 is 1.12 bits per heavy atom. The quantitative estimate of drug-likeness (QED) is 0.673. The maximum absolute atomic E-state index is 12.7. The molecule has 134 valence electrons. The number of ether oxygens (including phenoxy) is 1. The van der Waals surface area contributed by atoms with Crippen LogP contribution in [-0.2, 0) is 12.0 Å². The summed E-state index contributed by atoms with van der Waals surface area (Å²) in [7, 11) is 0. The van der Waals surface area contributed by atoms with E-state index in [1.807, 2.05) is 41.8 Å². The van der Waals surface area contributed by atoms with Gasteiger partial charge in [-0.2, -0.15) is 0 Å². The summed E-state index contributed by atoms with van der Waals surface area (Å²) in [5, 5.41) is 4.97. The second-order valence-electron chi connectivity index (χ2n) is 6.70. The molecule has 0 aliphatic carbocycles.